The molecule has 1 aliphatic carbocycles. The van der Waals surface area contributed by atoms with Crippen LogP contribution in [-0.2, 0) is 10.8 Å². The van der Waals surface area contributed by atoms with Crippen molar-refractivity contribution in [1.82, 2.24) is 0 Å². The molecule has 0 nitrogen and oxygen atoms in total. The quantitative estimate of drug-likeness (QED) is 0.347. The van der Waals surface area contributed by atoms with E-state index in [-0.39, 0.29) is 11.3 Å². The van der Waals surface area contributed by atoms with Crippen LogP contribution in [0.4, 0.5) is 30.7 Å². The summed E-state index contributed by atoms with van der Waals surface area (Å²) in [6.45, 7) is 3.40. The van der Waals surface area contributed by atoms with Crippen molar-refractivity contribution in [1.29, 1.82) is 0 Å². The van der Waals surface area contributed by atoms with Crippen LogP contribution in [0.15, 0.2) is 59.5 Å². The van der Waals surface area contributed by atoms with Gasteiger partial charge in [0, 0.05) is 15.5 Å². The van der Waals surface area contributed by atoms with E-state index in [1.54, 1.807) is 62.4 Å². The summed E-state index contributed by atoms with van der Waals surface area (Å²) in [5.74, 6) is -6.22. The van der Waals surface area contributed by atoms with Gasteiger partial charge < -0.3 is 0 Å². The summed E-state index contributed by atoms with van der Waals surface area (Å²) in [6, 6.07) is 13.3. The summed E-state index contributed by atoms with van der Waals surface area (Å²) >= 11 is 11.9. The van der Waals surface area contributed by atoms with Crippen LogP contribution in [-0.4, -0.2) is 17.4 Å². The Morgan fingerprint density at radius 2 is 1.27 bits per heavy atom. The Hall–Kier alpha value is -1.38. The Kier molecular flexibility index (Phi) is 6.90. The van der Waals surface area contributed by atoms with E-state index in [4.69, 9.17) is 23.2 Å². The zero-order chi connectivity index (χ0) is 24.9. The molecule has 0 aliphatic heterocycles. The van der Waals surface area contributed by atoms with Gasteiger partial charge in [-0.1, -0.05) is 79.5 Å². The van der Waals surface area contributed by atoms with E-state index in [2.05, 4.69) is 0 Å². The Morgan fingerprint density at radius 3 is 1.76 bits per heavy atom. The highest BCUT2D eigenvalue weighted by Crippen LogP contribution is 2.59. The molecular formula is C23H19Cl2F7S. The van der Waals surface area contributed by atoms with Crippen molar-refractivity contribution in [3.8, 4) is 0 Å². The van der Waals surface area contributed by atoms with Crippen molar-refractivity contribution in [2.75, 3.05) is 0 Å². The van der Waals surface area contributed by atoms with Crippen LogP contribution in [0.25, 0.3) is 0 Å². The topological polar surface area (TPSA) is 0 Å². The molecule has 1 aliphatic rings. The van der Waals surface area contributed by atoms with Gasteiger partial charge in [-0.15, -0.1) is 0 Å². The van der Waals surface area contributed by atoms with Gasteiger partial charge in [-0.3, -0.25) is 0 Å². The highest BCUT2D eigenvalue weighted by molar-refractivity contribution is 8.04. The third kappa shape index (κ3) is 4.89. The lowest BCUT2D eigenvalue weighted by Gasteiger charge is -2.45. The fourth-order valence-corrected chi connectivity index (χ4v) is 6.41. The molecule has 2 aromatic rings. The molecule has 2 aromatic carbocycles. The first-order valence-corrected chi connectivity index (χ1v) is 11.3. The largest absolute Gasteiger partial charge is 0.460 e. The van der Waals surface area contributed by atoms with Crippen molar-refractivity contribution in [2.45, 2.75) is 54.9 Å². The average molecular weight is 531 g/mol. The average Bonchev–Trinajstić information content (AvgIpc) is 2.66. The number of allylic oxidation sites excluding steroid dienone is 2. The number of hydrogen-bond donors (Lipinski definition) is 0. The van der Waals surface area contributed by atoms with E-state index < -0.39 is 39.9 Å². The van der Waals surface area contributed by atoms with Gasteiger partial charge in [0.05, 0.1) is 0 Å². The zero-order valence-electron chi connectivity index (χ0n) is 17.4. The van der Waals surface area contributed by atoms with Gasteiger partial charge in [0.2, 0.25) is 0 Å². The summed E-state index contributed by atoms with van der Waals surface area (Å²) in [5.41, 5.74) is -0.890. The summed E-state index contributed by atoms with van der Waals surface area (Å²) in [5, 5.41) is -4.77. The van der Waals surface area contributed by atoms with Gasteiger partial charge in [0.25, 0.3) is 0 Å². The number of halogens is 9. The monoisotopic (exact) mass is 530 g/mol. The van der Waals surface area contributed by atoms with Gasteiger partial charge in [-0.25, -0.2) is 0 Å². The van der Waals surface area contributed by atoms with Crippen molar-refractivity contribution < 1.29 is 30.7 Å². The van der Waals surface area contributed by atoms with Gasteiger partial charge in [0.15, 0.2) is 0 Å². The van der Waals surface area contributed by atoms with Crippen LogP contribution >= 0.6 is 35.0 Å². The predicted molar refractivity (Wildman–Crippen MR) is 118 cm³/mol. The Balaban J connectivity index is 2.15. The molecule has 33 heavy (non-hydrogen) atoms. The maximum atomic E-state index is 14.3. The molecule has 2 unspecified atom stereocenters. The first-order valence-electron chi connectivity index (χ1n) is 9.76. The molecular weight excluding hydrogens is 512 g/mol. The molecule has 0 N–H and O–H groups in total. The standard InChI is InChI=1S/C23H19Cl2F7S/c1-19(15-7-3-5-9-17(15)24)11-14(33-23(31,32)21(26,27)22(28,29)30)12-20(2,13-19)16-8-4-6-10-18(16)25/h3-11H,12-13H2,1-2H3. The van der Waals surface area contributed by atoms with Crippen LogP contribution in [0.5, 0.6) is 0 Å². The van der Waals surface area contributed by atoms with Gasteiger partial charge in [-0.2, -0.15) is 30.7 Å². The highest BCUT2D eigenvalue weighted by Gasteiger charge is 2.73. The van der Waals surface area contributed by atoms with Gasteiger partial charge in [0.1, 0.15) is 0 Å². The van der Waals surface area contributed by atoms with Crippen LogP contribution < -0.4 is 0 Å². The molecule has 0 spiro atoms. The Morgan fingerprint density at radius 1 is 0.788 bits per heavy atom. The maximum Gasteiger partial charge on any atom is 0.460 e. The molecule has 0 bridgehead atoms. The summed E-state index contributed by atoms with van der Waals surface area (Å²) < 4.78 is 94.2. The van der Waals surface area contributed by atoms with Crippen molar-refractivity contribution >= 4 is 35.0 Å². The number of alkyl halides is 7. The molecule has 0 saturated heterocycles. The Labute approximate surface area is 201 Å². The minimum atomic E-state index is -6.41. The SMILES string of the molecule is CC1(c2ccccc2Cl)C=C(SC(F)(F)C(F)(F)C(F)(F)F)CC(C)(c2ccccc2Cl)C1. The second-order valence-electron chi connectivity index (χ2n) is 8.59. The molecule has 0 saturated carbocycles. The normalized spacial score (nSPS) is 24.5. The van der Waals surface area contributed by atoms with E-state index in [0.717, 1.165) is 0 Å². The minimum Gasteiger partial charge on any atom is -0.188 e. The summed E-state index contributed by atoms with van der Waals surface area (Å²) in [7, 11) is 0. The third-order valence-corrected chi connectivity index (χ3v) is 7.49. The fraction of sp³-hybridized carbons (Fsp3) is 0.391. The van der Waals surface area contributed by atoms with E-state index in [0.29, 0.717) is 27.6 Å². The van der Waals surface area contributed by atoms with E-state index in [9.17, 15) is 30.7 Å². The second-order valence-corrected chi connectivity index (χ2v) is 10.6. The predicted octanol–water partition coefficient (Wildman–Crippen LogP) is 9.41. The number of thioether (sulfide) groups is 1. The Bertz CT molecular complexity index is 1070. The zero-order valence-corrected chi connectivity index (χ0v) is 19.7. The lowest BCUT2D eigenvalue weighted by Crippen LogP contribution is -2.50. The second kappa shape index (κ2) is 8.68. The molecule has 0 radical (unpaired) electrons. The van der Waals surface area contributed by atoms with Crippen LogP contribution in [0, 0.1) is 0 Å². The molecule has 0 heterocycles. The van der Waals surface area contributed by atoms with Crippen molar-refractivity contribution in [3.63, 3.8) is 0 Å². The number of rotatable bonds is 5. The fourth-order valence-electron chi connectivity index (χ4n) is 4.41. The molecule has 0 fully saturated rings. The molecule has 2 atom stereocenters. The minimum absolute atomic E-state index is 0.203. The van der Waals surface area contributed by atoms with E-state index in [1.807, 2.05) is 0 Å². The summed E-state index contributed by atoms with van der Waals surface area (Å²) in [4.78, 5) is -0.306. The highest BCUT2D eigenvalue weighted by atomic mass is 35.5. The van der Waals surface area contributed by atoms with Crippen LogP contribution in [0.3, 0.4) is 0 Å². The molecule has 3 rings (SSSR count). The summed E-state index contributed by atoms with van der Waals surface area (Å²) in [6.07, 6.45) is -4.99. The van der Waals surface area contributed by atoms with Crippen molar-refractivity contribution in [2.24, 2.45) is 0 Å². The van der Waals surface area contributed by atoms with Crippen LogP contribution in [0.2, 0.25) is 10.0 Å². The molecule has 180 valence electrons. The smallest absolute Gasteiger partial charge is 0.188 e. The first kappa shape index (κ1) is 26.2. The molecule has 0 aromatic heterocycles. The number of hydrogen-bond acceptors (Lipinski definition) is 1. The lowest BCUT2D eigenvalue weighted by molar-refractivity contribution is -0.330. The molecule has 10 heteroatoms. The molecule has 0 amide bonds. The van der Waals surface area contributed by atoms with Crippen molar-refractivity contribution in [3.05, 3.63) is 80.7 Å². The van der Waals surface area contributed by atoms with E-state index in [1.165, 1.54) is 6.08 Å². The third-order valence-electron chi connectivity index (χ3n) is 5.80. The van der Waals surface area contributed by atoms with E-state index >= 15 is 0 Å². The van der Waals surface area contributed by atoms with Crippen LogP contribution in [0.1, 0.15) is 37.8 Å². The van der Waals surface area contributed by atoms with Gasteiger partial charge in [-0.05, 0) is 58.2 Å². The van der Waals surface area contributed by atoms with Gasteiger partial charge >= 0.3 is 17.4 Å². The number of benzene rings is 2. The first-order chi connectivity index (χ1) is 15.0. The maximum absolute atomic E-state index is 14.3. The lowest BCUT2D eigenvalue weighted by atomic mass is 9.62.